The third kappa shape index (κ3) is 3.03. The highest BCUT2D eigenvalue weighted by Crippen LogP contribution is 2.42. The van der Waals surface area contributed by atoms with Crippen LogP contribution in [0.3, 0.4) is 0 Å². The maximum atomic E-state index is 6.39. The SMILES string of the molecule is Brc1ccc2c3c(ccc2c1)O[C@H](c1ccccc1)N[C@H]3c1ccccc1. The number of halogens is 1. The number of ether oxygens (including phenoxy) is 1. The highest BCUT2D eigenvalue weighted by molar-refractivity contribution is 9.10. The molecule has 132 valence electrons. The lowest BCUT2D eigenvalue weighted by atomic mass is 9.91. The van der Waals surface area contributed by atoms with Gasteiger partial charge in [0.2, 0.25) is 0 Å². The predicted molar refractivity (Wildman–Crippen MR) is 113 cm³/mol. The molecule has 4 aromatic carbocycles. The van der Waals surface area contributed by atoms with Crippen molar-refractivity contribution in [1.29, 1.82) is 0 Å². The van der Waals surface area contributed by atoms with Gasteiger partial charge in [0.1, 0.15) is 5.75 Å². The minimum atomic E-state index is -0.184. The number of hydrogen-bond acceptors (Lipinski definition) is 2. The van der Waals surface area contributed by atoms with Crippen molar-refractivity contribution in [2.24, 2.45) is 0 Å². The van der Waals surface area contributed by atoms with Crippen LogP contribution in [-0.4, -0.2) is 0 Å². The molecule has 0 spiro atoms. The fourth-order valence-electron chi connectivity index (χ4n) is 3.80. The van der Waals surface area contributed by atoms with E-state index >= 15 is 0 Å². The Balaban J connectivity index is 1.71. The largest absolute Gasteiger partial charge is 0.471 e. The van der Waals surface area contributed by atoms with Gasteiger partial charge in [0.05, 0.1) is 6.04 Å². The highest BCUT2D eigenvalue weighted by atomic mass is 79.9. The molecular formula is C24H18BrNO. The third-order valence-corrected chi connectivity index (χ3v) is 5.56. The quantitative estimate of drug-likeness (QED) is 0.410. The topological polar surface area (TPSA) is 21.3 Å². The number of rotatable bonds is 2. The molecule has 4 aromatic rings. The van der Waals surface area contributed by atoms with Gasteiger partial charge in [-0.1, -0.05) is 88.7 Å². The molecule has 1 heterocycles. The van der Waals surface area contributed by atoms with Gasteiger partial charge in [-0.3, -0.25) is 5.32 Å². The molecule has 0 fully saturated rings. The Kier molecular flexibility index (Phi) is 4.19. The lowest BCUT2D eigenvalue weighted by molar-refractivity contribution is 0.134. The number of hydrogen-bond donors (Lipinski definition) is 1. The van der Waals surface area contributed by atoms with E-state index in [-0.39, 0.29) is 12.3 Å². The Labute approximate surface area is 166 Å². The van der Waals surface area contributed by atoms with Gasteiger partial charge in [0.15, 0.2) is 6.23 Å². The van der Waals surface area contributed by atoms with Crippen LogP contribution in [0, 0.1) is 0 Å². The van der Waals surface area contributed by atoms with Gasteiger partial charge in [-0.25, -0.2) is 0 Å². The zero-order valence-corrected chi connectivity index (χ0v) is 16.2. The van der Waals surface area contributed by atoms with Gasteiger partial charge in [-0.2, -0.15) is 0 Å². The predicted octanol–water partition coefficient (Wildman–Crippen LogP) is 6.37. The van der Waals surface area contributed by atoms with Crippen molar-refractivity contribution < 1.29 is 4.74 Å². The maximum Gasteiger partial charge on any atom is 0.177 e. The molecule has 0 bridgehead atoms. The van der Waals surface area contributed by atoms with Gasteiger partial charge in [0.25, 0.3) is 0 Å². The van der Waals surface area contributed by atoms with E-state index in [0.29, 0.717) is 0 Å². The van der Waals surface area contributed by atoms with E-state index in [4.69, 9.17) is 4.74 Å². The van der Waals surface area contributed by atoms with Crippen molar-refractivity contribution in [2.45, 2.75) is 12.3 Å². The average molecular weight is 416 g/mol. The second kappa shape index (κ2) is 6.84. The Bertz CT molecular complexity index is 1100. The van der Waals surface area contributed by atoms with Crippen molar-refractivity contribution in [2.75, 3.05) is 0 Å². The van der Waals surface area contributed by atoms with Crippen LogP contribution in [0.5, 0.6) is 5.75 Å². The molecule has 1 aliphatic rings. The summed E-state index contributed by atoms with van der Waals surface area (Å²) < 4.78 is 7.47. The van der Waals surface area contributed by atoms with Crippen LogP contribution in [-0.2, 0) is 0 Å². The minimum Gasteiger partial charge on any atom is -0.471 e. The van der Waals surface area contributed by atoms with Crippen LogP contribution in [0.15, 0.2) is 95.5 Å². The Morgan fingerprint density at radius 3 is 2.19 bits per heavy atom. The van der Waals surface area contributed by atoms with Gasteiger partial charge < -0.3 is 4.74 Å². The summed E-state index contributed by atoms with van der Waals surface area (Å²) in [7, 11) is 0. The third-order valence-electron chi connectivity index (χ3n) is 5.07. The van der Waals surface area contributed by atoms with Crippen molar-refractivity contribution in [1.82, 2.24) is 5.32 Å². The van der Waals surface area contributed by atoms with Crippen LogP contribution >= 0.6 is 15.9 Å². The molecule has 0 saturated carbocycles. The molecule has 1 aliphatic heterocycles. The number of nitrogens with one attached hydrogen (secondary N) is 1. The second-order valence-corrected chi connectivity index (χ2v) is 7.68. The van der Waals surface area contributed by atoms with E-state index in [2.05, 4.69) is 94.0 Å². The molecule has 3 heteroatoms. The van der Waals surface area contributed by atoms with Crippen LogP contribution in [0.4, 0.5) is 0 Å². The van der Waals surface area contributed by atoms with E-state index in [9.17, 15) is 0 Å². The fourth-order valence-corrected chi connectivity index (χ4v) is 4.18. The fraction of sp³-hybridized carbons (Fsp3) is 0.0833. The summed E-state index contributed by atoms with van der Waals surface area (Å²) in [5.74, 6) is 0.936. The first-order valence-electron chi connectivity index (χ1n) is 9.04. The first-order chi connectivity index (χ1) is 13.3. The van der Waals surface area contributed by atoms with E-state index in [1.807, 2.05) is 18.2 Å². The van der Waals surface area contributed by atoms with Crippen LogP contribution in [0.2, 0.25) is 0 Å². The maximum absolute atomic E-state index is 6.39. The standard InChI is InChI=1S/C24H18BrNO/c25-19-12-13-20-18(15-19)11-14-21-22(20)23(16-7-3-1-4-8-16)26-24(27-21)17-9-5-2-6-10-17/h1-15,23-24,26H/t23-,24+/m0/s1. The molecule has 0 aromatic heterocycles. The summed E-state index contributed by atoms with van der Waals surface area (Å²) >= 11 is 3.58. The van der Waals surface area contributed by atoms with Gasteiger partial charge >= 0.3 is 0 Å². The summed E-state index contributed by atoms with van der Waals surface area (Å²) in [4.78, 5) is 0. The molecule has 2 nitrogen and oxygen atoms in total. The normalized spacial score (nSPS) is 18.7. The molecule has 0 unspecified atom stereocenters. The first kappa shape index (κ1) is 16.5. The summed E-state index contributed by atoms with van der Waals surface area (Å²) in [5, 5.41) is 6.13. The van der Waals surface area contributed by atoms with Crippen molar-refractivity contribution in [3.8, 4) is 5.75 Å². The molecule has 0 saturated heterocycles. The highest BCUT2D eigenvalue weighted by Gasteiger charge is 2.31. The Hall–Kier alpha value is -2.62. The molecule has 2 atom stereocenters. The summed E-state index contributed by atoms with van der Waals surface area (Å²) in [6, 6.07) is 31.6. The minimum absolute atomic E-state index is 0.0602. The zero-order valence-electron chi connectivity index (χ0n) is 14.6. The molecule has 0 aliphatic carbocycles. The molecule has 0 radical (unpaired) electrons. The van der Waals surface area contributed by atoms with Crippen LogP contribution in [0.25, 0.3) is 10.8 Å². The lowest BCUT2D eigenvalue weighted by Gasteiger charge is -2.35. The monoisotopic (exact) mass is 415 g/mol. The van der Waals surface area contributed by atoms with E-state index in [1.54, 1.807) is 0 Å². The number of benzene rings is 4. The lowest BCUT2D eigenvalue weighted by Crippen LogP contribution is -2.35. The van der Waals surface area contributed by atoms with Crippen molar-refractivity contribution >= 4 is 26.7 Å². The van der Waals surface area contributed by atoms with Gasteiger partial charge in [-0.05, 0) is 34.5 Å². The smallest absolute Gasteiger partial charge is 0.177 e. The summed E-state index contributed by atoms with van der Waals surface area (Å²) in [5.41, 5.74) is 3.55. The van der Waals surface area contributed by atoms with E-state index < -0.39 is 0 Å². The van der Waals surface area contributed by atoms with Crippen LogP contribution < -0.4 is 10.1 Å². The summed E-state index contributed by atoms with van der Waals surface area (Å²) in [6.45, 7) is 0. The van der Waals surface area contributed by atoms with E-state index in [1.165, 1.54) is 21.9 Å². The van der Waals surface area contributed by atoms with Crippen molar-refractivity contribution in [3.63, 3.8) is 0 Å². The first-order valence-corrected chi connectivity index (χ1v) is 9.84. The molecule has 1 N–H and O–H groups in total. The Morgan fingerprint density at radius 2 is 1.44 bits per heavy atom. The van der Waals surface area contributed by atoms with Gasteiger partial charge in [0, 0.05) is 15.6 Å². The molecule has 0 amide bonds. The second-order valence-electron chi connectivity index (χ2n) is 6.76. The van der Waals surface area contributed by atoms with Crippen molar-refractivity contribution in [3.05, 3.63) is 112 Å². The molecular weight excluding hydrogens is 398 g/mol. The zero-order chi connectivity index (χ0) is 18.2. The summed E-state index contributed by atoms with van der Waals surface area (Å²) in [6.07, 6.45) is -0.184. The Morgan fingerprint density at radius 1 is 0.741 bits per heavy atom. The molecule has 27 heavy (non-hydrogen) atoms. The van der Waals surface area contributed by atoms with Crippen LogP contribution in [0.1, 0.15) is 29.0 Å². The van der Waals surface area contributed by atoms with Gasteiger partial charge in [-0.15, -0.1) is 0 Å². The average Bonchev–Trinajstić information content (AvgIpc) is 2.74. The van der Waals surface area contributed by atoms with E-state index in [0.717, 1.165) is 15.8 Å². The number of fused-ring (bicyclic) bond motifs is 3. The molecule has 5 rings (SSSR count).